The lowest BCUT2D eigenvalue weighted by molar-refractivity contribution is 0.923. The van der Waals surface area contributed by atoms with Crippen LogP contribution in [0.3, 0.4) is 0 Å². The second-order valence-electron chi connectivity index (χ2n) is 4.48. The van der Waals surface area contributed by atoms with Crippen LogP contribution < -0.4 is 10.0 Å². The van der Waals surface area contributed by atoms with Gasteiger partial charge in [0.1, 0.15) is 0 Å². The number of anilines is 2. The highest BCUT2D eigenvalue weighted by molar-refractivity contribution is 5.62. The van der Waals surface area contributed by atoms with Crippen LogP contribution in [-0.2, 0) is 0 Å². The summed E-state index contributed by atoms with van der Waals surface area (Å²) in [5.41, 5.74) is 3.69. The third kappa shape index (κ3) is 1.97. The van der Waals surface area contributed by atoms with E-state index in [0.29, 0.717) is 0 Å². The summed E-state index contributed by atoms with van der Waals surface area (Å²) in [6.45, 7) is 3.02. The van der Waals surface area contributed by atoms with Crippen LogP contribution in [0, 0.1) is 6.92 Å². The van der Waals surface area contributed by atoms with Gasteiger partial charge in [-0.3, -0.25) is 10.0 Å². The highest BCUT2D eigenvalue weighted by Gasteiger charge is 2.17. The Morgan fingerprint density at radius 1 is 0.833 bits per heavy atom. The Bertz CT molecular complexity index is 543. The molecule has 1 aliphatic rings. The molecule has 0 aliphatic carbocycles. The van der Waals surface area contributed by atoms with Crippen molar-refractivity contribution in [2.45, 2.75) is 6.92 Å². The molecule has 0 N–H and O–H groups in total. The molecule has 2 aromatic rings. The number of nitrogens with zero attached hydrogens (tertiary/aromatic N) is 2. The first kappa shape index (κ1) is 10.9. The van der Waals surface area contributed by atoms with Crippen molar-refractivity contribution in [1.29, 1.82) is 0 Å². The number of para-hydroxylation sites is 1. The van der Waals surface area contributed by atoms with Gasteiger partial charge in [0.15, 0.2) is 0 Å². The van der Waals surface area contributed by atoms with Crippen molar-refractivity contribution >= 4 is 11.4 Å². The van der Waals surface area contributed by atoms with Gasteiger partial charge in [-0.15, -0.1) is 0 Å². The molecule has 0 aromatic heterocycles. The molecule has 90 valence electrons. The fourth-order valence-electron chi connectivity index (χ4n) is 2.17. The molecular weight excluding hydrogens is 220 g/mol. The second-order valence-corrected chi connectivity index (χ2v) is 4.48. The lowest BCUT2D eigenvalue weighted by Crippen LogP contribution is -2.35. The molecule has 0 spiro atoms. The average molecular weight is 236 g/mol. The van der Waals surface area contributed by atoms with E-state index in [1.807, 2.05) is 6.07 Å². The Labute approximate surface area is 108 Å². The van der Waals surface area contributed by atoms with Crippen LogP contribution in [0.1, 0.15) is 5.56 Å². The van der Waals surface area contributed by atoms with Gasteiger partial charge in [-0.1, -0.05) is 35.9 Å². The maximum absolute atomic E-state index is 2.25. The van der Waals surface area contributed by atoms with Gasteiger partial charge >= 0.3 is 0 Å². The Morgan fingerprint density at radius 3 is 2.28 bits per heavy atom. The molecule has 0 amide bonds. The van der Waals surface area contributed by atoms with Gasteiger partial charge in [-0.2, -0.15) is 0 Å². The van der Waals surface area contributed by atoms with Crippen LogP contribution in [0.4, 0.5) is 11.4 Å². The van der Waals surface area contributed by atoms with E-state index in [9.17, 15) is 0 Å². The minimum absolute atomic E-state index is 0.915. The van der Waals surface area contributed by atoms with Gasteiger partial charge in [-0.05, 0) is 37.3 Å². The molecule has 1 aliphatic heterocycles. The van der Waals surface area contributed by atoms with E-state index in [4.69, 9.17) is 0 Å². The normalized spacial score (nSPS) is 14.3. The first-order chi connectivity index (χ1) is 8.84. The Hall–Kier alpha value is -2.22. The first-order valence-electron chi connectivity index (χ1n) is 6.20. The summed E-state index contributed by atoms with van der Waals surface area (Å²) in [7, 11) is 0. The van der Waals surface area contributed by atoms with Crippen molar-refractivity contribution in [3.05, 3.63) is 72.4 Å². The SMILES string of the molecule is Cc1ccc(N2C=CCN2c2ccccc2)cc1. The molecule has 0 saturated heterocycles. The van der Waals surface area contributed by atoms with Crippen LogP contribution in [0.15, 0.2) is 66.9 Å². The lowest BCUT2D eigenvalue weighted by atomic mass is 10.2. The summed E-state index contributed by atoms with van der Waals surface area (Å²) in [6.07, 6.45) is 4.30. The molecular formula is C16H16N2. The molecule has 0 bridgehead atoms. The predicted octanol–water partition coefficient (Wildman–Crippen LogP) is 3.75. The van der Waals surface area contributed by atoms with Crippen LogP contribution in [-0.4, -0.2) is 6.54 Å². The molecule has 0 saturated carbocycles. The topological polar surface area (TPSA) is 6.48 Å². The quantitative estimate of drug-likeness (QED) is 0.783. The van der Waals surface area contributed by atoms with Crippen molar-refractivity contribution in [3.63, 3.8) is 0 Å². The van der Waals surface area contributed by atoms with Crippen LogP contribution in [0.5, 0.6) is 0 Å². The van der Waals surface area contributed by atoms with Gasteiger partial charge in [0.05, 0.1) is 17.9 Å². The highest BCUT2D eigenvalue weighted by Crippen LogP contribution is 2.26. The summed E-state index contributed by atoms with van der Waals surface area (Å²) >= 11 is 0. The standard InChI is InChI=1S/C16H16N2/c1-14-8-10-16(11-9-14)18-13-5-12-17(18)15-6-3-2-4-7-15/h2-11,13H,12H2,1H3. The molecule has 0 unspecified atom stereocenters. The van der Waals surface area contributed by atoms with E-state index < -0.39 is 0 Å². The molecule has 0 fully saturated rings. The van der Waals surface area contributed by atoms with Gasteiger partial charge in [0, 0.05) is 6.20 Å². The van der Waals surface area contributed by atoms with Crippen LogP contribution in [0.2, 0.25) is 0 Å². The molecule has 2 aromatic carbocycles. The minimum Gasteiger partial charge on any atom is -0.277 e. The summed E-state index contributed by atoms with van der Waals surface area (Å²) in [5.74, 6) is 0. The minimum atomic E-state index is 0.915. The summed E-state index contributed by atoms with van der Waals surface area (Å²) in [6, 6.07) is 19.0. The van der Waals surface area contributed by atoms with Gasteiger partial charge < -0.3 is 0 Å². The number of aryl methyl sites for hydroxylation is 1. The Kier molecular flexibility index (Phi) is 2.77. The molecule has 2 nitrogen and oxygen atoms in total. The monoisotopic (exact) mass is 236 g/mol. The number of hydrazine groups is 1. The molecule has 18 heavy (non-hydrogen) atoms. The van der Waals surface area contributed by atoms with E-state index in [1.54, 1.807) is 0 Å². The van der Waals surface area contributed by atoms with Crippen molar-refractivity contribution in [3.8, 4) is 0 Å². The number of hydrogen-bond donors (Lipinski definition) is 0. The van der Waals surface area contributed by atoms with Crippen molar-refractivity contribution in [2.75, 3.05) is 16.6 Å². The van der Waals surface area contributed by atoms with Gasteiger partial charge in [0.2, 0.25) is 0 Å². The fraction of sp³-hybridized carbons (Fsp3) is 0.125. The Morgan fingerprint density at radius 2 is 1.56 bits per heavy atom. The second kappa shape index (κ2) is 4.57. The number of benzene rings is 2. The molecule has 0 radical (unpaired) electrons. The van der Waals surface area contributed by atoms with E-state index in [-0.39, 0.29) is 0 Å². The molecule has 0 atom stereocenters. The molecule has 1 heterocycles. The number of hydrogen-bond acceptors (Lipinski definition) is 2. The zero-order valence-electron chi connectivity index (χ0n) is 10.5. The van der Waals surface area contributed by atoms with Crippen molar-refractivity contribution in [1.82, 2.24) is 0 Å². The van der Waals surface area contributed by atoms with E-state index >= 15 is 0 Å². The van der Waals surface area contributed by atoms with Crippen molar-refractivity contribution < 1.29 is 0 Å². The third-order valence-electron chi connectivity index (χ3n) is 3.14. The molecule has 3 rings (SSSR count). The van der Waals surface area contributed by atoms with E-state index in [1.165, 1.54) is 16.9 Å². The number of rotatable bonds is 2. The predicted molar refractivity (Wildman–Crippen MR) is 76.6 cm³/mol. The summed E-state index contributed by atoms with van der Waals surface area (Å²) in [4.78, 5) is 0. The maximum atomic E-state index is 2.25. The maximum Gasteiger partial charge on any atom is 0.0625 e. The highest BCUT2D eigenvalue weighted by atomic mass is 15.6. The zero-order valence-corrected chi connectivity index (χ0v) is 10.5. The zero-order chi connectivity index (χ0) is 12.4. The van der Waals surface area contributed by atoms with Crippen molar-refractivity contribution in [2.24, 2.45) is 0 Å². The third-order valence-corrected chi connectivity index (χ3v) is 3.14. The summed E-state index contributed by atoms with van der Waals surface area (Å²) in [5, 5.41) is 4.44. The van der Waals surface area contributed by atoms with Crippen LogP contribution in [0.25, 0.3) is 0 Å². The average Bonchev–Trinajstić information content (AvgIpc) is 2.90. The fourth-order valence-corrected chi connectivity index (χ4v) is 2.17. The summed E-state index contributed by atoms with van der Waals surface area (Å²) < 4.78 is 0. The largest absolute Gasteiger partial charge is 0.277 e. The van der Waals surface area contributed by atoms with Gasteiger partial charge in [0.25, 0.3) is 0 Å². The van der Waals surface area contributed by atoms with E-state index in [2.05, 4.69) is 77.7 Å². The van der Waals surface area contributed by atoms with Crippen LogP contribution >= 0.6 is 0 Å². The molecule has 2 heteroatoms. The Balaban J connectivity index is 1.91. The van der Waals surface area contributed by atoms with E-state index in [0.717, 1.165) is 6.54 Å². The smallest absolute Gasteiger partial charge is 0.0625 e. The first-order valence-corrected chi connectivity index (χ1v) is 6.20. The lowest BCUT2D eigenvalue weighted by Gasteiger charge is -2.31. The van der Waals surface area contributed by atoms with Gasteiger partial charge in [-0.25, -0.2) is 0 Å².